The van der Waals surface area contributed by atoms with Gasteiger partial charge in [-0.2, -0.15) is 0 Å². The quantitative estimate of drug-likeness (QED) is 0.829. The number of rotatable bonds is 5. The summed E-state index contributed by atoms with van der Waals surface area (Å²) in [6.45, 7) is 1.93. The predicted octanol–water partition coefficient (Wildman–Crippen LogP) is 3.36. The zero-order valence-corrected chi connectivity index (χ0v) is 13.8. The molecule has 0 spiro atoms. The zero-order valence-electron chi connectivity index (χ0n) is 13.8. The van der Waals surface area contributed by atoms with Gasteiger partial charge in [-0.1, -0.05) is 24.3 Å². The third-order valence-corrected chi connectivity index (χ3v) is 4.25. The van der Waals surface area contributed by atoms with Crippen molar-refractivity contribution in [3.05, 3.63) is 54.1 Å². The molecule has 24 heavy (non-hydrogen) atoms. The fraction of sp³-hybridized carbons (Fsp3) is 0.263. The Morgan fingerprint density at radius 3 is 2.29 bits per heavy atom. The van der Waals surface area contributed by atoms with Crippen molar-refractivity contribution in [2.75, 3.05) is 17.7 Å². The molecule has 0 heterocycles. The molecule has 0 saturated heterocycles. The van der Waals surface area contributed by atoms with Gasteiger partial charge >= 0.3 is 0 Å². The SMILES string of the molecule is COc1ccc(C)cc1NC(=O)C1(C(=O)Nc2ccccc2)CC1. The van der Waals surface area contributed by atoms with E-state index in [9.17, 15) is 9.59 Å². The molecule has 0 radical (unpaired) electrons. The average Bonchev–Trinajstić information content (AvgIpc) is 3.38. The zero-order chi connectivity index (χ0) is 17.2. The Balaban J connectivity index is 1.75. The van der Waals surface area contributed by atoms with E-state index in [4.69, 9.17) is 4.74 Å². The van der Waals surface area contributed by atoms with Gasteiger partial charge in [-0.05, 0) is 49.6 Å². The van der Waals surface area contributed by atoms with E-state index in [0.29, 0.717) is 30.0 Å². The minimum atomic E-state index is -0.995. The van der Waals surface area contributed by atoms with Gasteiger partial charge in [0.1, 0.15) is 11.2 Å². The Labute approximate surface area is 141 Å². The van der Waals surface area contributed by atoms with Gasteiger partial charge in [0.25, 0.3) is 0 Å². The molecule has 0 bridgehead atoms. The highest BCUT2D eigenvalue weighted by molar-refractivity contribution is 6.17. The number of benzene rings is 2. The summed E-state index contributed by atoms with van der Waals surface area (Å²) in [7, 11) is 1.55. The van der Waals surface area contributed by atoms with Gasteiger partial charge in [0.15, 0.2) is 0 Å². The lowest BCUT2D eigenvalue weighted by Crippen LogP contribution is -2.35. The van der Waals surface area contributed by atoms with Gasteiger partial charge in [0, 0.05) is 5.69 Å². The number of amides is 2. The van der Waals surface area contributed by atoms with E-state index < -0.39 is 5.41 Å². The second-order valence-corrected chi connectivity index (χ2v) is 6.06. The van der Waals surface area contributed by atoms with Crippen molar-refractivity contribution in [3.8, 4) is 5.75 Å². The molecule has 124 valence electrons. The van der Waals surface area contributed by atoms with Crippen LogP contribution in [0.3, 0.4) is 0 Å². The number of methoxy groups -OCH3 is 1. The fourth-order valence-electron chi connectivity index (χ4n) is 2.62. The summed E-state index contributed by atoms with van der Waals surface area (Å²) in [4.78, 5) is 25.2. The van der Waals surface area contributed by atoms with Crippen LogP contribution in [0.15, 0.2) is 48.5 Å². The topological polar surface area (TPSA) is 67.4 Å². The van der Waals surface area contributed by atoms with E-state index in [0.717, 1.165) is 5.56 Å². The molecule has 2 aromatic rings. The molecule has 1 fully saturated rings. The third-order valence-electron chi connectivity index (χ3n) is 4.25. The minimum absolute atomic E-state index is 0.266. The third kappa shape index (κ3) is 3.11. The molecule has 5 heteroatoms. The minimum Gasteiger partial charge on any atom is -0.495 e. The normalized spacial score (nSPS) is 14.6. The molecule has 1 aliphatic rings. The molecule has 5 nitrogen and oxygen atoms in total. The first-order chi connectivity index (χ1) is 11.5. The summed E-state index contributed by atoms with van der Waals surface area (Å²) in [5, 5.41) is 5.67. The van der Waals surface area contributed by atoms with Crippen LogP contribution in [-0.4, -0.2) is 18.9 Å². The summed E-state index contributed by atoms with van der Waals surface area (Å²) < 4.78 is 5.28. The number of ether oxygens (including phenoxy) is 1. The van der Waals surface area contributed by atoms with Crippen LogP contribution in [0.1, 0.15) is 18.4 Å². The van der Waals surface area contributed by atoms with Crippen LogP contribution < -0.4 is 15.4 Å². The summed E-state index contributed by atoms with van der Waals surface area (Å²) in [5.41, 5.74) is 1.28. The van der Waals surface area contributed by atoms with Crippen LogP contribution in [0, 0.1) is 12.3 Å². The van der Waals surface area contributed by atoms with Crippen LogP contribution in [0.5, 0.6) is 5.75 Å². The number of para-hydroxylation sites is 1. The first-order valence-electron chi connectivity index (χ1n) is 7.88. The molecule has 0 atom stereocenters. The first kappa shape index (κ1) is 16.1. The summed E-state index contributed by atoms with van der Waals surface area (Å²) in [6, 6.07) is 14.7. The van der Waals surface area contributed by atoms with E-state index in [-0.39, 0.29) is 11.8 Å². The molecule has 2 aromatic carbocycles. The number of anilines is 2. The van der Waals surface area contributed by atoms with Crippen molar-refractivity contribution in [1.82, 2.24) is 0 Å². The van der Waals surface area contributed by atoms with Crippen LogP contribution in [-0.2, 0) is 9.59 Å². The van der Waals surface area contributed by atoms with E-state index in [2.05, 4.69) is 10.6 Å². The second kappa shape index (κ2) is 6.35. The Morgan fingerprint density at radius 1 is 1.00 bits per heavy atom. The number of carbonyl (C=O) groups is 2. The number of hydrogen-bond acceptors (Lipinski definition) is 3. The maximum absolute atomic E-state index is 12.7. The molecule has 3 rings (SSSR count). The maximum atomic E-state index is 12.7. The highest BCUT2D eigenvalue weighted by Gasteiger charge is 2.56. The van der Waals surface area contributed by atoms with Crippen molar-refractivity contribution in [1.29, 1.82) is 0 Å². The smallest absolute Gasteiger partial charge is 0.240 e. The van der Waals surface area contributed by atoms with Crippen molar-refractivity contribution < 1.29 is 14.3 Å². The van der Waals surface area contributed by atoms with Gasteiger partial charge < -0.3 is 15.4 Å². The lowest BCUT2D eigenvalue weighted by atomic mass is 10.0. The molecule has 2 N–H and O–H groups in total. The monoisotopic (exact) mass is 324 g/mol. The Hall–Kier alpha value is -2.82. The number of nitrogens with one attached hydrogen (secondary N) is 2. The van der Waals surface area contributed by atoms with E-state index in [1.165, 1.54) is 0 Å². The molecular formula is C19H20N2O3. The maximum Gasteiger partial charge on any atom is 0.240 e. The molecule has 1 aliphatic carbocycles. The Morgan fingerprint density at radius 2 is 1.67 bits per heavy atom. The lowest BCUT2D eigenvalue weighted by Gasteiger charge is -2.17. The molecule has 0 aliphatic heterocycles. The number of aryl methyl sites for hydroxylation is 1. The largest absolute Gasteiger partial charge is 0.495 e. The van der Waals surface area contributed by atoms with E-state index in [1.54, 1.807) is 25.3 Å². The predicted molar refractivity (Wildman–Crippen MR) is 93.1 cm³/mol. The van der Waals surface area contributed by atoms with E-state index >= 15 is 0 Å². The Bertz CT molecular complexity index is 767. The van der Waals surface area contributed by atoms with Crippen LogP contribution in [0.2, 0.25) is 0 Å². The standard InChI is InChI=1S/C19H20N2O3/c1-13-8-9-16(24-2)15(12-13)21-18(23)19(10-11-19)17(22)20-14-6-4-3-5-7-14/h3-9,12H,10-11H2,1-2H3,(H,20,22)(H,21,23). The molecule has 1 saturated carbocycles. The number of hydrogen-bond donors (Lipinski definition) is 2. The molecular weight excluding hydrogens is 304 g/mol. The highest BCUT2D eigenvalue weighted by atomic mass is 16.5. The van der Waals surface area contributed by atoms with E-state index in [1.807, 2.05) is 37.3 Å². The van der Waals surface area contributed by atoms with Gasteiger partial charge in [-0.3, -0.25) is 9.59 Å². The van der Waals surface area contributed by atoms with Crippen LogP contribution in [0.4, 0.5) is 11.4 Å². The summed E-state index contributed by atoms with van der Waals surface area (Å²) in [5.74, 6) is 0.0193. The van der Waals surface area contributed by atoms with Gasteiger partial charge in [0.05, 0.1) is 12.8 Å². The average molecular weight is 324 g/mol. The van der Waals surface area contributed by atoms with Crippen molar-refractivity contribution in [3.63, 3.8) is 0 Å². The van der Waals surface area contributed by atoms with Gasteiger partial charge in [0.2, 0.25) is 11.8 Å². The second-order valence-electron chi connectivity index (χ2n) is 6.06. The molecule has 2 amide bonds. The van der Waals surface area contributed by atoms with Crippen molar-refractivity contribution in [2.45, 2.75) is 19.8 Å². The summed E-state index contributed by atoms with van der Waals surface area (Å²) in [6.07, 6.45) is 1.09. The highest BCUT2D eigenvalue weighted by Crippen LogP contribution is 2.48. The summed E-state index contributed by atoms with van der Waals surface area (Å²) >= 11 is 0. The first-order valence-corrected chi connectivity index (χ1v) is 7.88. The molecule has 0 unspecified atom stereocenters. The Kier molecular flexibility index (Phi) is 4.25. The fourth-order valence-corrected chi connectivity index (χ4v) is 2.62. The van der Waals surface area contributed by atoms with Crippen molar-refractivity contribution >= 4 is 23.2 Å². The lowest BCUT2D eigenvalue weighted by molar-refractivity contribution is -0.131. The number of carbonyl (C=O) groups excluding carboxylic acids is 2. The van der Waals surface area contributed by atoms with Crippen LogP contribution >= 0.6 is 0 Å². The molecule has 0 aromatic heterocycles. The van der Waals surface area contributed by atoms with Crippen LogP contribution in [0.25, 0.3) is 0 Å². The van der Waals surface area contributed by atoms with Crippen molar-refractivity contribution in [2.24, 2.45) is 5.41 Å². The van der Waals surface area contributed by atoms with Gasteiger partial charge in [-0.15, -0.1) is 0 Å². The van der Waals surface area contributed by atoms with Gasteiger partial charge in [-0.25, -0.2) is 0 Å².